The number of anilines is 2. The Balaban J connectivity index is 1.58. The number of carbonyl (C=O) groups is 3. The number of hydrogen-bond acceptors (Lipinski definition) is 5. The molecule has 8 heteroatoms. The van der Waals surface area contributed by atoms with E-state index in [1.54, 1.807) is 48.5 Å². The summed E-state index contributed by atoms with van der Waals surface area (Å²) in [6.45, 7) is 1.60. The average Bonchev–Trinajstić information content (AvgIpc) is 2.68. The molecule has 146 valence electrons. The highest BCUT2D eigenvalue weighted by Crippen LogP contribution is 2.36. The predicted octanol–water partition coefficient (Wildman–Crippen LogP) is 1.37. The van der Waals surface area contributed by atoms with Crippen LogP contribution in [-0.2, 0) is 20.0 Å². The third-order valence-electron chi connectivity index (χ3n) is 4.37. The molecular formula is C20H21N3O5. The first-order valence-corrected chi connectivity index (χ1v) is 8.79. The molecule has 0 spiro atoms. The molecule has 1 unspecified atom stereocenters. The van der Waals surface area contributed by atoms with E-state index in [2.05, 4.69) is 16.0 Å². The maximum Gasteiger partial charge on any atom is 0.313 e. The Labute approximate surface area is 161 Å². The molecule has 0 aliphatic carbocycles. The predicted molar refractivity (Wildman–Crippen MR) is 103 cm³/mol. The molecular weight excluding hydrogens is 362 g/mol. The van der Waals surface area contributed by atoms with Crippen molar-refractivity contribution in [1.82, 2.24) is 5.32 Å². The highest BCUT2D eigenvalue weighted by atomic mass is 16.5. The van der Waals surface area contributed by atoms with Crippen LogP contribution >= 0.6 is 0 Å². The monoisotopic (exact) mass is 383 g/mol. The van der Waals surface area contributed by atoms with Gasteiger partial charge in [-0.1, -0.05) is 18.2 Å². The Morgan fingerprint density at radius 1 is 1.00 bits per heavy atom. The normalized spacial score (nSPS) is 17.6. The summed E-state index contributed by atoms with van der Waals surface area (Å²) in [5.41, 5.74) is 0.264. The second kappa shape index (κ2) is 8.10. The molecule has 3 amide bonds. The molecule has 3 rings (SSSR count). The van der Waals surface area contributed by atoms with Crippen molar-refractivity contribution >= 4 is 29.1 Å². The van der Waals surface area contributed by atoms with Gasteiger partial charge in [-0.05, 0) is 30.3 Å². The van der Waals surface area contributed by atoms with E-state index in [-0.39, 0.29) is 12.5 Å². The Bertz CT molecular complexity index is 897. The molecule has 0 saturated heterocycles. The van der Waals surface area contributed by atoms with E-state index in [4.69, 9.17) is 4.74 Å². The molecule has 8 nitrogen and oxygen atoms in total. The summed E-state index contributed by atoms with van der Waals surface area (Å²) in [4.78, 5) is 35.2. The maximum atomic E-state index is 12.1. The molecule has 1 aliphatic rings. The van der Waals surface area contributed by atoms with Crippen molar-refractivity contribution in [3.05, 3.63) is 54.1 Å². The largest absolute Gasteiger partial charge is 0.493 e. The van der Waals surface area contributed by atoms with Gasteiger partial charge in [0, 0.05) is 30.3 Å². The summed E-state index contributed by atoms with van der Waals surface area (Å²) < 4.78 is 5.51. The number of nitrogens with one attached hydrogen (secondary N) is 3. The number of ether oxygens (including phenoxy) is 1. The Hall–Kier alpha value is -3.39. The highest BCUT2D eigenvalue weighted by Gasteiger charge is 2.36. The lowest BCUT2D eigenvalue weighted by Crippen LogP contribution is -2.46. The number of aliphatic hydroxyl groups is 1. The zero-order valence-electron chi connectivity index (χ0n) is 15.3. The van der Waals surface area contributed by atoms with Crippen molar-refractivity contribution in [2.45, 2.75) is 18.9 Å². The van der Waals surface area contributed by atoms with Gasteiger partial charge in [0.05, 0.1) is 13.2 Å². The van der Waals surface area contributed by atoms with Crippen molar-refractivity contribution in [1.29, 1.82) is 0 Å². The van der Waals surface area contributed by atoms with Crippen molar-refractivity contribution in [2.24, 2.45) is 0 Å². The quantitative estimate of drug-likeness (QED) is 0.595. The molecule has 2 aromatic carbocycles. The molecule has 0 fully saturated rings. The third kappa shape index (κ3) is 4.47. The number of fused-ring (bicyclic) bond motifs is 1. The van der Waals surface area contributed by atoms with Crippen molar-refractivity contribution in [2.75, 3.05) is 23.8 Å². The molecule has 28 heavy (non-hydrogen) atoms. The maximum absolute atomic E-state index is 12.1. The van der Waals surface area contributed by atoms with E-state index in [1.807, 2.05) is 0 Å². The lowest BCUT2D eigenvalue weighted by Gasteiger charge is -2.34. The first-order valence-electron chi connectivity index (χ1n) is 8.79. The van der Waals surface area contributed by atoms with E-state index in [1.165, 1.54) is 6.92 Å². The van der Waals surface area contributed by atoms with Crippen LogP contribution in [0.1, 0.15) is 18.9 Å². The van der Waals surface area contributed by atoms with E-state index in [0.717, 1.165) is 0 Å². The highest BCUT2D eigenvalue weighted by molar-refractivity contribution is 6.39. The molecule has 1 atom stereocenters. The molecule has 0 aromatic heterocycles. The van der Waals surface area contributed by atoms with Crippen molar-refractivity contribution in [3.63, 3.8) is 0 Å². The Morgan fingerprint density at radius 2 is 1.64 bits per heavy atom. The molecule has 1 aliphatic heterocycles. The standard InChI is InChI=1S/C20H21N3O5/c1-13(24)22-14-6-8-15(9-7-14)23-19(26)18(25)21-12-20(27)10-11-28-17-5-3-2-4-16(17)20/h2-9,27H,10-12H2,1H3,(H,21,25)(H,22,24)(H,23,26). The minimum absolute atomic E-state index is 0.110. The molecule has 2 aromatic rings. The van der Waals surface area contributed by atoms with E-state index in [0.29, 0.717) is 35.7 Å². The van der Waals surface area contributed by atoms with Crippen LogP contribution in [0.2, 0.25) is 0 Å². The summed E-state index contributed by atoms with van der Waals surface area (Å²) in [6.07, 6.45) is 0.302. The number of carbonyl (C=O) groups excluding carboxylic acids is 3. The second-order valence-corrected chi connectivity index (χ2v) is 6.52. The lowest BCUT2D eigenvalue weighted by molar-refractivity contribution is -0.137. The van der Waals surface area contributed by atoms with Gasteiger partial charge in [-0.25, -0.2) is 0 Å². The van der Waals surface area contributed by atoms with Crippen LogP contribution in [0.5, 0.6) is 5.75 Å². The minimum atomic E-state index is -1.30. The second-order valence-electron chi connectivity index (χ2n) is 6.52. The van der Waals surface area contributed by atoms with E-state index in [9.17, 15) is 19.5 Å². The Kier molecular flexibility index (Phi) is 5.60. The molecule has 0 saturated carbocycles. The fourth-order valence-corrected chi connectivity index (χ4v) is 2.96. The molecule has 0 bridgehead atoms. The smallest absolute Gasteiger partial charge is 0.313 e. The van der Waals surface area contributed by atoms with Gasteiger partial charge in [-0.3, -0.25) is 14.4 Å². The molecule has 4 N–H and O–H groups in total. The zero-order chi connectivity index (χ0) is 20.1. The van der Waals surface area contributed by atoms with Gasteiger partial charge in [-0.2, -0.15) is 0 Å². The number of para-hydroxylation sites is 1. The van der Waals surface area contributed by atoms with Crippen molar-refractivity contribution < 1.29 is 24.2 Å². The van der Waals surface area contributed by atoms with E-state index < -0.39 is 17.4 Å². The summed E-state index contributed by atoms with van der Waals surface area (Å²) in [5, 5.41) is 18.4. The summed E-state index contributed by atoms with van der Waals surface area (Å²) in [5.74, 6) is -1.35. The van der Waals surface area contributed by atoms with Crippen LogP contribution in [0.25, 0.3) is 0 Å². The van der Waals surface area contributed by atoms with Gasteiger partial charge in [0.1, 0.15) is 11.4 Å². The lowest BCUT2D eigenvalue weighted by atomic mass is 9.88. The van der Waals surface area contributed by atoms with E-state index >= 15 is 0 Å². The van der Waals surface area contributed by atoms with Crippen LogP contribution in [0.4, 0.5) is 11.4 Å². The first kappa shape index (κ1) is 19.4. The summed E-state index contributed by atoms with van der Waals surface area (Å²) in [6, 6.07) is 13.4. The zero-order valence-corrected chi connectivity index (χ0v) is 15.3. The van der Waals surface area contributed by atoms with Crippen LogP contribution in [0.3, 0.4) is 0 Å². The van der Waals surface area contributed by atoms with Crippen LogP contribution in [-0.4, -0.2) is 36.0 Å². The van der Waals surface area contributed by atoms with Gasteiger partial charge in [0.2, 0.25) is 5.91 Å². The summed E-state index contributed by atoms with van der Waals surface area (Å²) in [7, 11) is 0. The fraction of sp³-hybridized carbons (Fsp3) is 0.250. The topological polar surface area (TPSA) is 117 Å². The van der Waals surface area contributed by atoms with Crippen LogP contribution in [0, 0.1) is 0 Å². The van der Waals surface area contributed by atoms with Crippen LogP contribution in [0.15, 0.2) is 48.5 Å². The van der Waals surface area contributed by atoms with Gasteiger partial charge in [0.15, 0.2) is 0 Å². The number of benzene rings is 2. The van der Waals surface area contributed by atoms with Crippen LogP contribution < -0.4 is 20.7 Å². The first-order chi connectivity index (χ1) is 13.4. The number of amides is 3. The van der Waals surface area contributed by atoms with Gasteiger partial charge < -0.3 is 25.8 Å². The van der Waals surface area contributed by atoms with Gasteiger partial charge >= 0.3 is 11.8 Å². The minimum Gasteiger partial charge on any atom is -0.493 e. The molecule has 1 heterocycles. The fourth-order valence-electron chi connectivity index (χ4n) is 2.96. The third-order valence-corrected chi connectivity index (χ3v) is 4.37. The van der Waals surface area contributed by atoms with Gasteiger partial charge in [0.25, 0.3) is 0 Å². The average molecular weight is 383 g/mol. The number of hydrogen-bond donors (Lipinski definition) is 4. The SMILES string of the molecule is CC(=O)Nc1ccc(NC(=O)C(=O)NCC2(O)CCOc3ccccc32)cc1. The number of rotatable bonds is 4. The van der Waals surface area contributed by atoms with Gasteiger partial charge in [-0.15, -0.1) is 0 Å². The van der Waals surface area contributed by atoms with Crippen molar-refractivity contribution in [3.8, 4) is 5.75 Å². The summed E-state index contributed by atoms with van der Waals surface area (Å²) >= 11 is 0. The Morgan fingerprint density at radius 3 is 2.32 bits per heavy atom. The molecule has 0 radical (unpaired) electrons.